The number of carbonyl (C=O) groups is 1. The molecule has 0 aliphatic heterocycles. The third-order valence-corrected chi connectivity index (χ3v) is 6.28. The Morgan fingerprint density at radius 2 is 1.60 bits per heavy atom. The van der Waals surface area contributed by atoms with E-state index in [-0.39, 0.29) is 15.4 Å². The summed E-state index contributed by atoms with van der Waals surface area (Å²) in [6.07, 6.45) is 0. The first kappa shape index (κ1) is 16.0. The van der Waals surface area contributed by atoms with Crippen molar-refractivity contribution in [1.29, 1.82) is 0 Å². The maximum absolute atomic E-state index is 12.4. The minimum Gasteiger partial charge on any atom is -0.293 e. The number of hydrogen-bond donors (Lipinski definition) is 0. The van der Waals surface area contributed by atoms with E-state index in [1.807, 2.05) is 24.3 Å². The zero-order chi connectivity index (χ0) is 14.7. The van der Waals surface area contributed by atoms with Crippen molar-refractivity contribution in [2.45, 2.75) is 9.65 Å². The van der Waals surface area contributed by atoms with Gasteiger partial charge in [0.2, 0.25) is 0 Å². The van der Waals surface area contributed by atoms with Crippen LogP contribution in [0.25, 0.3) is 0 Å². The van der Waals surface area contributed by atoms with Gasteiger partial charge in [0.25, 0.3) is 0 Å². The highest BCUT2D eigenvalue weighted by atomic mass is 79.9. The summed E-state index contributed by atoms with van der Waals surface area (Å²) >= 11 is 18.9. The van der Waals surface area contributed by atoms with Crippen molar-refractivity contribution in [3.63, 3.8) is 0 Å². The fourth-order valence-corrected chi connectivity index (χ4v) is 3.15. The summed E-state index contributed by atoms with van der Waals surface area (Å²) in [4.78, 5) is 11.8. The second kappa shape index (κ2) is 7.08. The van der Waals surface area contributed by atoms with E-state index < -0.39 is 0 Å². The molecule has 2 rings (SSSR count). The van der Waals surface area contributed by atoms with Gasteiger partial charge in [-0.25, -0.2) is 0 Å². The molecule has 2 atom stereocenters. The van der Waals surface area contributed by atoms with Crippen LogP contribution in [0.1, 0.15) is 20.7 Å². The molecule has 0 fully saturated rings. The lowest BCUT2D eigenvalue weighted by molar-refractivity contribution is 0.0991. The van der Waals surface area contributed by atoms with Crippen molar-refractivity contribution in [3.05, 3.63) is 69.7 Å². The second-order valence-corrected chi connectivity index (χ2v) is 6.99. The fraction of sp³-hybridized carbons (Fsp3) is 0.133. The Bertz CT molecular complexity index is 617. The molecule has 0 amide bonds. The molecule has 1 nitrogen and oxygen atoms in total. The number of alkyl halides is 2. The lowest BCUT2D eigenvalue weighted by atomic mass is 10.0. The number of halogens is 4. The van der Waals surface area contributed by atoms with E-state index in [0.29, 0.717) is 15.6 Å². The van der Waals surface area contributed by atoms with Crippen LogP contribution >= 0.6 is 55.1 Å². The summed E-state index contributed by atoms with van der Waals surface area (Å²) in [5.41, 5.74) is 1.56. The molecule has 0 radical (unpaired) electrons. The summed E-state index contributed by atoms with van der Waals surface area (Å²) < 4.78 is 0. The van der Waals surface area contributed by atoms with E-state index in [0.717, 1.165) is 5.56 Å². The Morgan fingerprint density at radius 3 is 2.20 bits per heavy atom. The van der Waals surface area contributed by atoms with Crippen LogP contribution in [0, 0.1) is 0 Å². The van der Waals surface area contributed by atoms with Crippen molar-refractivity contribution in [2.75, 3.05) is 0 Å². The monoisotopic (exact) mass is 434 g/mol. The van der Waals surface area contributed by atoms with E-state index in [1.165, 1.54) is 0 Å². The zero-order valence-corrected chi connectivity index (χ0v) is 14.9. The van der Waals surface area contributed by atoms with Crippen LogP contribution in [-0.4, -0.2) is 10.6 Å². The Hall–Kier alpha value is -0.350. The Balaban J connectivity index is 2.22. The molecule has 5 heteroatoms. The molecule has 0 saturated carbocycles. The van der Waals surface area contributed by atoms with E-state index in [2.05, 4.69) is 31.9 Å². The minimum atomic E-state index is -0.387. The summed E-state index contributed by atoms with van der Waals surface area (Å²) in [5, 5.41) is 0.969. The van der Waals surface area contributed by atoms with Crippen molar-refractivity contribution in [2.24, 2.45) is 0 Å². The number of rotatable bonds is 4. The number of carbonyl (C=O) groups excluding carboxylic acids is 1. The highest BCUT2D eigenvalue weighted by Gasteiger charge is 2.26. The summed E-state index contributed by atoms with van der Waals surface area (Å²) in [6, 6.07) is 14.5. The predicted octanol–water partition coefficient (Wildman–Crippen LogP) is 6.08. The van der Waals surface area contributed by atoms with Crippen LogP contribution in [-0.2, 0) is 0 Å². The van der Waals surface area contributed by atoms with Crippen LogP contribution in [0.3, 0.4) is 0 Å². The molecule has 0 spiro atoms. The highest BCUT2D eigenvalue weighted by Crippen LogP contribution is 2.36. The quantitative estimate of drug-likeness (QED) is 0.419. The third-order valence-electron chi connectivity index (χ3n) is 2.83. The van der Waals surface area contributed by atoms with Crippen LogP contribution in [0.2, 0.25) is 10.0 Å². The van der Waals surface area contributed by atoms with Gasteiger partial charge in [-0.3, -0.25) is 4.79 Å². The first-order valence-electron chi connectivity index (χ1n) is 5.83. The van der Waals surface area contributed by atoms with Crippen molar-refractivity contribution < 1.29 is 4.79 Å². The van der Waals surface area contributed by atoms with E-state index in [9.17, 15) is 4.79 Å². The normalized spacial score (nSPS) is 13.8. The lowest BCUT2D eigenvalue weighted by Crippen LogP contribution is -2.19. The predicted molar refractivity (Wildman–Crippen MR) is 91.6 cm³/mol. The molecule has 104 valence electrons. The number of ketones is 1. The van der Waals surface area contributed by atoms with E-state index in [1.54, 1.807) is 24.3 Å². The highest BCUT2D eigenvalue weighted by molar-refractivity contribution is 9.12. The van der Waals surface area contributed by atoms with Crippen LogP contribution in [0.15, 0.2) is 48.5 Å². The Morgan fingerprint density at radius 1 is 0.950 bits per heavy atom. The van der Waals surface area contributed by atoms with Crippen molar-refractivity contribution in [1.82, 2.24) is 0 Å². The molecule has 20 heavy (non-hydrogen) atoms. The van der Waals surface area contributed by atoms with Crippen molar-refractivity contribution >= 4 is 60.8 Å². The van der Waals surface area contributed by atoms with Gasteiger partial charge in [0.05, 0.1) is 19.7 Å². The second-order valence-electron chi connectivity index (χ2n) is 4.21. The molecular formula is C15H10Br2Cl2O. The third kappa shape index (κ3) is 3.64. The van der Waals surface area contributed by atoms with Gasteiger partial charge in [-0.2, -0.15) is 0 Å². The van der Waals surface area contributed by atoms with Crippen LogP contribution in [0.5, 0.6) is 0 Å². The van der Waals surface area contributed by atoms with Gasteiger partial charge in [0, 0.05) is 5.56 Å². The molecular weight excluding hydrogens is 427 g/mol. The molecule has 0 saturated heterocycles. The summed E-state index contributed by atoms with van der Waals surface area (Å²) in [7, 11) is 0. The smallest absolute Gasteiger partial charge is 0.177 e. The van der Waals surface area contributed by atoms with Gasteiger partial charge in [-0.1, -0.05) is 91.5 Å². The van der Waals surface area contributed by atoms with E-state index >= 15 is 0 Å². The maximum Gasteiger partial charge on any atom is 0.177 e. The van der Waals surface area contributed by atoms with Crippen LogP contribution in [0.4, 0.5) is 0 Å². The van der Waals surface area contributed by atoms with Gasteiger partial charge >= 0.3 is 0 Å². The first-order valence-corrected chi connectivity index (χ1v) is 8.42. The Kier molecular flexibility index (Phi) is 5.67. The number of hydrogen-bond acceptors (Lipinski definition) is 1. The topological polar surface area (TPSA) is 17.1 Å². The molecule has 0 bridgehead atoms. The van der Waals surface area contributed by atoms with Gasteiger partial charge in [0.1, 0.15) is 0 Å². The SMILES string of the molecule is O=C(c1ccccc1)[C@@H](Br)[C@@H](Br)c1ccc(Cl)c(Cl)c1. The van der Waals surface area contributed by atoms with Crippen LogP contribution < -0.4 is 0 Å². The molecule has 0 aromatic heterocycles. The molecule has 0 aliphatic rings. The van der Waals surface area contributed by atoms with E-state index in [4.69, 9.17) is 23.2 Å². The molecule has 0 aliphatic carbocycles. The van der Waals surface area contributed by atoms with Gasteiger partial charge in [0.15, 0.2) is 5.78 Å². The average molecular weight is 437 g/mol. The first-order chi connectivity index (χ1) is 9.50. The minimum absolute atomic E-state index is 0.0125. The molecule has 0 heterocycles. The van der Waals surface area contributed by atoms with Crippen molar-refractivity contribution in [3.8, 4) is 0 Å². The van der Waals surface area contributed by atoms with Gasteiger partial charge in [-0.05, 0) is 17.7 Å². The zero-order valence-electron chi connectivity index (χ0n) is 10.2. The average Bonchev–Trinajstić information content (AvgIpc) is 2.48. The molecule has 2 aromatic carbocycles. The van der Waals surface area contributed by atoms with Gasteiger partial charge in [-0.15, -0.1) is 0 Å². The molecule has 2 aromatic rings. The molecule has 0 unspecified atom stereocenters. The lowest BCUT2D eigenvalue weighted by Gasteiger charge is -2.17. The maximum atomic E-state index is 12.4. The fourth-order valence-electron chi connectivity index (χ4n) is 1.75. The molecule has 0 N–H and O–H groups in total. The standard InChI is InChI=1S/C15H10Br2Cl2O/c16-13(10-6-7-11(18)12(19)8-10)14(17)15(20)9-4-2-1-3-5-9/h1-8,13-14H/t13-,14-/m0/s1. The summed E-state index contributed by atoms with van der Waals surface area (Å²) in [6.45, 7) is 0. The largest absolute Gasteiger partial charge is 0.293 e. The Labute approximate surface area is 144 Å². The number of benzene rings is 2. The number of Topliss-reactive ketones (excluding diaryl/α,β-unsaturated/α-hetero) is 1. The summed E-state index contributed by atoms with van der Waals surface area (Å²) in [5.74, 6) is 0.0125. The van der Waals surface area contributed by atoms with Gasteiger partial charge < -0.3 is 0 Å².